The van der Waals surface area contributed by atoms with E-state index in [0.717, 1.165) is 70.5 Å². The number of thiazole rings is 1. The third kappa shape index (κ3) is 33.7. The van der Waals surface area contributed by atoms with Gasteiger partial charge in [-0.15, -0.1) is 76.3 Å². The molecule has 15 nitrogen and oxygen atoms in total. The van der Waals surface area contributed by atoms with Crippen LogP contribution in [0, 0.1) is 30.3 Å². The van der Waals surface area contributed by atoms with Crippen LogP contribution in [-0.2, 0) is 120 Å². The summed E-state index contributed by atoms with van der Waals surface area (Å²) in [6.45, 7) is 11.4. The number of nitrogens with zero attached hydrogens (tertiary/aromatic N) is 6. The van der Waals surface area contributed by atoms with Crippen LogP contribution in [0.25, 0.3) is 108 Å². The SMILES string of the molecule is CC(=O)C=C(C)O.CC(=O)C=C(C)O.CC(=O)C=C(C)O.CC(=O)C=C(C)O.[Ir].[Ir].[Ir].[Ir].[Ir].[c-]1ccc2ccccc2c1-c1nc2ccccc2s1.[c-]1ccccc1-c1nc2ccccc2o1.[c-]1ccsc1-c1ccccn1.[c-]1ccsc1-c1nccc2ccccc12.[c-]1cnccc1-c1nccc2ccccc12. The summed E-state index contributed by atoms with van der Waals surface area (Å²) >= 11 is 5.05. The number of para-hydroxylation sites is 3. The minimum Gasteiger partial charge on any atom is -0.512 e. The second kappa shape index (κ2) is 52.0. The monoisotopic (exact) mass is 2390 g/mol. The summed E-state index contributed by atoms with van der Waals surface area (Å²) in [7, 11) is 0. The topological polar surface area (TPSA) is 240 Å². The van der Waals surface area contributed by atoms with Crippen LogP contribution in [0.2, 0.25) is 0 Å². The van der Waals surface area contributed by atoms with Gasteiger partial charge in [0.2, 0.25) is 0 Å². The zero-order chi connectivity index (χ0) is 74.6. The Labute approximate surface area is 713 Å². The number of pyridine rings is 4. The average molecular weight is 2390 g/mol. The van der Waals surface area contributed by atoms with Gasteiger partial charge in [0.05, 0.1) is 34.1 Å². The fourth-order valence-electron chi connectivity index (χ4n) is 9.35. The van der Waals surface area contributed by atoms with E-state index < -0.39 is 0 Å². The number of carbonyl (C=O) groups excluding carboxylic acids is 4. The van der Waals surface area contributed by atoms with E-state index in [1.807, 2.05) is 157 Å². The Bertz CT molecular complexity index is 5150. The molecule has 15 aromatic rings. The predicted octanol–water partition coefficient (Wildman–Crippen LogP) is 21.8. The van der Waals surface area contributed by atoms with Crippen LogP contribution in [0.1, 0.15) is 55.4 Å². The number of aliphatic hydroxyl groups is 4. The van der Waals surface area contributed by atoms with E-state index >= 15 is 0 Å². The third-order valence-corrected chi connectivity index (χ3v) is 16.1. The quantitative estimate of drug-likeness (QED) is 0.0597. The first-order valence-corrected chi connectivity index (χ1v) is 34.7. The van der Waals surface area contributed by atoms with Gasteiger partial charge in [0, 0.05) is 153 Å². The smallest absolute Gasteiger partial charge is 0.155 e. The summed E-state index contributed by atoms with van der Waals surface area (Å²) in [4.78, 5) is 68.4. The first-order chi connectivity index (χ1) is 50.2. The van der Waals surface area contributed by atoms with Crippen LogP contribution < -0.4 is 0 Å². The minimum absolute atomic E-state index is 0. The molecule has 23 heteroatoms. The molecule has 5 radical (unpaired) electrons. The number of rotatable bonds is 9. The number of allylic oxidation sites excluding steroid dienone is 8. The Morgan fingerprint density at radius 3 is 1.36 bits per heavy atom. The number of ketones is 4. The Kier molecular flexibility index (Phi) is 45.7. The second-order valence-electron chi connectivity index (χ2n) is 22.2. The maximum absolute atomic E-state index is 10.0. The molecule has 0 amide bonds. The summed E-state index contributed by atoms with van der Waals surface area (Å²) < 4.78 is 6.83. The van der Waals surface area contributed by atoms with Crippen LogP contribution >= 0.6 is 34.0 Å². The molecule has 109 heavy (non-hydrogen) atoms. The Morgan fingerprint density at radius 1 is 0.394 bits per heavy atom. The standard InChI is InChI=1S/C17H10NS.C14H9N2.C13H8NO.C13H8NS.C9H6NS.4C5H8O2.5Ir/c1-2-8-13-12(6-1)7-5-9-14(13)17-18-15-10-3-4-11-16(15)19-17;1-2-4-13-11(3-1)7-10-16-14(13)12-5-8-15-9-6-12;1-2-6-10(7-3-1)13-14-11-8-4-5-9-12(11)15-13;1-2-5-11-10(4-1)7-8-14-13(11)12-6-3-9-15-12;1-2-6-10-8(4-1)9-5-3-7-11-9;4*1-4(6)3-5(2)7;;;;;/h1-8,10-11H;1-5,7-10H;1-6,8-9H;1-5,7-9H;1-4,6-7H;4*3,6H,1-2H3;;;;;/q5*-1;;;;;;;;;. The molecule has 0 aliphatic heterocycles. The molecular formula is C86H73Ir5N6O9S3-5. The van der Waals surface area contributed by atoms with Crippen LogP contribution in [0.3, 0.4) is 0 Å². The van der Waals surface area contributed by atoms with Gasteiger partial charge in [-0.2, -0.15) is 47.2 Å². The van der Waals surface area contributed by atoms with E-state index in [0.29, 0.717) is 5.89 Å². The summed E-state index contributed by atoms with van der Waals surface area (Å²) in [6.07, 6.45) is 13.6. The van der Waals surface area contributed by atoms with Gasteiger partial charge in [0.15, 0.2) is 23.1 Å². The number of carbonyl (C=O) groups is 4. The van der Waals surface area contributed by atoms with Crippen molar-refractivity contribution in [3.05, 3.63) is 326 Å². The van der Waals surface area contributed by atoms with E-state index in [2.05, 4.69) is 128 Å². The molecule has 0 aliphatic rings. The van der Waals surface area contributed by atoms with E-state index in [-0.39, 0.29) is 147 Å². The number of hydrogen-bond acceptors (Lipinski definition) is 18. The third-order valence-electron chi connectivity index (χ3n) is 13.4. The van der Waals surface area contributed by atoms with Crippen LogP contribution in [0.15, 0.2) is 300 Å². The molecule has 0 saturated heterocycles. The van der Waals surface area contributed by atoms with E-state index in [1.54, 1.807) is 52.6 Å². The number of fused-ring (bicyclic) bond motifs is 5. The number of hydrogen-bond donors (Lipinski definition) is 4. The summed E-state index contributed by atoms with van der Waals surface area (Å²) in [6, 6.07) is 84.1. The van der Waals surface area contributed by atoms with Gasteiger partial charge in [0.1, 0.15) is 11.5 Å². The van der Waals surface area contributed by atoms with Crippen LogP contribution in [0.4, 0.5) is 0 Å². The van der Waals surface area contributed by atoms with Crippen molar-refractivity contribution in [3.8, 4) is 54.4 Å². The van der Waals surface area contributed by atoms with Crippen molar-refractivity contribution < 1.29 is 145 Å². The summed E-state index contributed by atoms with van der Waals surface area (Å²) in [5.74, 6) is 0.372. The average Bonchev–Trinajstić information content (AvgIpc) is 1.72. The Hall–Kier alpha value is -9.23. The van der Waals surface area contributed by atoms with Gasteiger partial charge in [0.25, 0.3) is 0 Å². The van der Waals surface area contributed by atoms with Gasteiger partial charge in [-0.1, -0.05) is 130 Å². The molecule has 15 rings (SSSR count). The van der Waals surface area contributed by atoms with Crippen molar-refractivity contribution >= 4 is 111 Å². The van der Waals surface area contributed by atoms with E-state index in [4.69, 9.17) is 29.8 Å². The molecule has 0 saturated carbocycles. The van der Waals surface area contributed by atoms with Crippen molar-refractivity contribution in [2.75, 3.05) is 0 Å². The molecular weight excluding hydrogens is 2320 g/mol. The zero-order valence-electron chi connectivity index (χ0n) is 59.9. The maximum atomic E-state index is 10.0. The second-order valence-corrected chi connectivity index (χ2v) is 25.1. The maximum Gasteiger partial charge on any atom is 0.155 e. The fraction of sp³-hybridized carbons (Fsp3) is 0.0930. The first-order valence-electron chi connectivity index (χ1n) is 32.1. The molecule has 0 bridgehead atoms. The zero-order valence-corrected chi connectivity index (χ0v) is 74.3. The molecule has 7 aromatic carbocycles. The number of aromatic nitrogens is 6. The number of thiophene rings is 2. The molecule has 8 aromatic heterocycles. The summed E-state index contributed by atoms with van der Waals surface area (Å²) in [5.41, 5.74) is 8.70. The Balaban J connectivity index is 0.000000424. The molecule has 8 heterocycles. The molecule has 0 spiro atoms. The normalized spacial score (nSPS) is 10.3. The summed E-state index contributed by atoms with van der Waals surface area (Å²) in [5, 5.41) is 45.7. The molecule has 569 valence electrons. The van der Waals surface area contributed by atoms with Gasteiger partial charge in [-0.3, -0.25) is 34.1 Å². The first kappa shape index (κ1) is 95.8. The van der Waals surface area contributed by atoms with Gasteiger partial charge in [-0.25, -0.2) is 22.7 Å². The van der Waals surface area contributed by atoms with Crippen LogP contribution in [0.5, 0.6) is 0 Å². The van der Waals surface area contributed by atoms with Gasteiger partial charge >= 0.3 is 0 Å². The largest absolute Gasteiger partial charge is 0.512 e. The number of aliphatic hydroxyl groups excluding tert-OH is 4. The van der Waals surface area contributed by atoms with Crippen molar-refractivity contribution in [2.24, 2.45) is 0 Å². The Morgan fingerprint density at radius 2 is 0.881 bits per heavy atom. The van der Waals surface area contributed by atoms with Crippen molar-refractivity contribution in [1.82, 2.24) is 29.9 Å². The molecule has 0 fully saturated rings. The van der Waals surface area contributed by atoms with Crippen molar-refractivity contribution in [1.29, 1.82) is 0 Å². The van der Waals surface area contributed by atoms with Crippen molar-refractivity contribution in [3.63, 3.8) is 0 Å². The van der Waals surface area contributed by atoms with Gasteiger partial charge < -0.3 is 39.8 Å². The van der Waals surface area contributed by atoms with E-state index in [1.165, 1.54) is 111 Å². The molecule has 4 N–H and O–H groups in total. The van der Waals surface area contributed by atoms with Gasteiger partial charge in [-0.05, 0) is 149 Å². The predicted molar refractivity (Wildman–Crippen MR) is 422 cm³/mol. The van der Waals surface area contributed by atoms with E-state index in [9.17, 15) is 19.2 Å². The minimum atomic E-state index is -0.125. The fourth-order valence-corrected chi connectivity index (χ4v) is 11.7. The molecule has 0 unspecified atom stereocenters. The molecule has 0 aliphatic carbocycles. The van der Waals surface area contributed by atoms with Crippen molar-refractivity contribution in [2.45, 2.75) is 55.4 Å². The number of oxazole rings is 1. The van der Waals surface area contributed by atoms with Crippen LogP contribution in [-0.4, -0.2) is 73.5 Å². The molecule has 0 atom stereocenters. The number of benzene rings is 7.